The molecule has 0 saturated carbocycles. The van der Waals surface area contributed by atoms with Crippen LogP contribution in [-0.2, 0) is 0 Å². The van der Waals surface area contributed by atoms with Crippen LogP contribution in [0.3, 0.4) is 0 Å². The predicted molar refractivity (Wildman–Crippen MR) is 81.2 cm³/mol. The third-order valence-corrected chi connectivity index (χ3v) is 3.40. The fourth-order valence-corrected chi connectivity index (χ4v) is 2.24. The number of nitrogens with zero attached hydrogens (tertiary/aromatic N) is 1. The van der Waals surface area contributed by atoms with Gasteiger partial charge in [-0.2, -0.15) is 0 Å². The first-order chi connectivity index (χ1) is 10.6. The molecule has 0 bridgehead atoms. The minimum absolute atomic E-state index is 0.0539. The summed E-state index contributed by atoms with van der Waals surface area (Å²) < 4.78 is 5.08. The Hall–Kier alpha value is -2.86. The van der Waals surface area contributed by atoms with Crippen LogP contribution < -0.4 is 4.74 Å². The van der Waals surface area contributed by atoms with Gasteiger partial charge in [0.05, 0.1) is 18.1 Å². The number of benzene rings is 2. The van der Waals surface area contributed by atoms with E-state index in [2.05, 4.69) is 9.97 Å². The van der Waals surface area contributed by atoms with Crippen LogP contribution in [0, 0.1) is 0 Å². The summed E-state index contributed by atoms with van der Waals surface area (Å²) in [6.07, 6.45) is 0. The maximum Gasteiger partial charge on any atom is 0.188 e. The van der Waals surface area contributed by atoms with Gasteiger partial charge in [-0.15, -0.1) is 0 Å². The molecule has 0 atom stereocenters. The molecule has 6 nitrogen and oxygen atoms in total. The van der Waals surface area contributed by atoms with Crippen LogP contribution >= 0.6 is 0 Å². The number of methoxy groups -OCH3 is 1. The first kappa shape index (κ1) is 14.1. The average molecular weight is 298 g/mol. The van der Waals surface area contributed by atoms with Gasteiger partial charge < -0.3 is 19.9 Å². The molecule has 1 heterocycles. The Labute approximate surface area is 126 Å². The number of phenols is 1. The molecule has 0 saturated heterocycles. The van der Waals surface area contributed by atoms with E-state index in [1.54, 1.807) is 30.3 Å². The zero-order chi connectivity index (χ0) is 15.7. The van der Waals surface area contributed by atoms with Gasteiger partial charge in [-0.05, 0) is 36.4 Å². The van der Waals surface area contributed by atoms with Crippen LogP contribution in [0.25, 0.3) is 22.4 Å². The van der Waals surface area contributed by atoms with Gasteiger partial charge in [-0.3, -0.25) is 4.79 Å². The number of imidazole rings is 1. The summed E-state index contributed by atoms with van der Waals surface area (Å²) in [7, 11) is 1.48. The van der Waals surface area contributed by atoms with Crippen molar-refractivity contribution < 1.29 is 19.7 Å². The number of hydrogen-bond donors (Lipinski definition) is 3. The highest BCUT2D eigenvalue weighted by Gasteiger charge is 2.11. The quantitative estimate of drug-likeness (QED) is 0.641. The number of ether oxygens (including phenoxy) is 1. The first-order valence-corrected chi connectivity index (χ1v) is 6.63. The molecule has 3 rings (SSSR count). The Kier molecular flexibility index (Phi) is 3.52. The number of Topliss-reactive ketones (excluding diaryl/α,β-unsaturated/α-hetero) is 1. The lowest BCUT2D eigenvalue weighted by Crippen LogP contribution is -2.03. The molecule has 22 heavy (non-hydrogen) atoms. The fraction of sp³-hybridized carbons (Fsp3) is 0.125. The van der Waals surface area contributed by atoms with Crippen LogP contribution in [0.15, 0.2) is 36.4 Å². The van der Waals surface area contributed by atoms with Crippen LogP contribution in [-0.4, -0.2) is 39.7 Å². The van der Waals surface area contributed by atoms with Crippen LogP contribution in [0.2, 0.25) is 0 Å². The molecule has 3 N–H and O–H groups in total. The molecule has 0 spiro atoms. The molecule has 0 unspecified atom stereocenters. The maximum absolute atomic E-state index is 11.5. The molecular weight excluding hydrogens is 284 g/mol. The molecule has 0 aliphatic carbocycles. The summed E-state index contributed by atoms with van der Waals surface area (Å²) in [5.41, 5.74) is 2.58. The van der Waals surface area contributed by atoms with Crippen molar-refractivity contribution in [3.05, 3.63) is 42.0 Å². The molecule has 2 aromatic carbocycles. The smallest absolute Gasteiger partial charge is 0.188 e. The number of H-pyrrole nitrogens is 1. The number of aromatic nitrogens is 2. The minimum atomic E-state index is -0.526. The number of nitrogens with one attached hydrogen (secondary N) is 1. The van der Waals surface area contributed by atoms with Gasteiger partial charge in [0.25, 0.3) is 0 Å². The van der Waals surface area contributed by atoms with Gasteiger partial charge in [0.2, 0.25) is 0 Å². The Morgan fingerprint density at radius 1 is 1.27 bits per heavy atom. The lowest BCUT2D eigenvalue weighted by atomic mass is 10.1. The third kappa shape index (κ3) is 2.40. The Morgan fingerprint density at radius 2 is 2.09 bits per heavy atom. The first-order valence-electron chi connectivity index (χ1n) is 6.63. The topological polar surface area (TPSA) is 95.4 Å². The molecule has 1 aromatic heterocycles. The summed E-state index contributed by atoms with van der Waals surface area (Å²) in [4.78, 5) is 19.1. The van der Waals surface area contributed by atoms with Crippen molar-refractivity contribution in [1.29, 1.82) is 0 Å². The second-order valence-corrected chi connectivity index (χ2v) is 4.79. The molecule has 0 fully saturated rings. The number of ketones is 1. The number of rotatable bonds is 4. The van der Waals surface area contributed by atoms with Gasteiger partial charge in [0.1, 0.15) is 12.4 Å². The van der Waals surface area contributed by atoms with E-state index in [0.29, 0.717) is 28.2 Å². The molecule has 0 aliphatic rings. The van der Waals surface area contributed by atoms with E-state index in [0.717, 1.165) is 5.56 Å². The van der Waals surface area contributed by atoms with Gasteiger partial charge in [-0.25, -0.2) is 4.98 Å². The highest BCUT2D eigenvalue weighted by atomic mass is 16.5. The highest BCUT2D eigenvalue weighted by Crippen LogP contribution is 2.31. The number of carbonyl (C=O) groups is 1. The van der Waals surface area contributed by atoms with Crippen molar-refractivity contribution in [3.8, 4) is 22.9 Å². The van der Waals surface area contributed by atoms with E-state index in [4.69, 9.17) is 9.84 Å². The van der Waals surface area contributed by atoms with Crippen molar-refractivity contribution >= 4 is 16.8 Å². The largest absolute Gasteiger partial charge is 0.504 e. The van der Waals surface area contributed by atoms with Gasteiger partial charge in [-0.1, -0.05) is 0 Å². The van der Waals surface area contributed by atoms with Gasteiger partial charge in [0.15, 0.2) is 17.3 Å². The van der Waals surface area contributed by atoms with Crippen LogP contribution in [0.1, 0.15) is 10.4 Å². The SMILES string of the molecule is COc1cc(-c2nc3ccc(C(=O)CO)cc3[nH]2)ccc1O. The molecule has 6 heteroatoms. The Balaban J connectivity index is 2.06. The van der Waals surface area contributed by atoms with Crippen molar-refractivity contribution in [2.45, 2.75) is 0 Å². The lowest BCUT2D eigenvalue weighted by molar-refractivity contribution is 0.0904. The van der Waals surface area contributed by atoms with Gasteiger partial charge in [0, 0.05) is 11.1 Å². The number of carbonyl (C=O) groups excluding carboxylic acids is 1. The van der Waals surface area contributed by atoms with Crippen molar-refractivity contribution in [1.82, 2.24) is 9.97 Å². The summed E-state index contributed by atoms with van der Waals surface area (Å²) in [6, 6.07) is 9.92. The molecule has 0 aliphatic heterocycles. The normalized spacial score (nSPS) is 10.8. The van der Waals surface area contributed by atoms with E-state index < -0.39 is 6.61 Å². The fourth-order valence-electron chi connectivity index (χ4n) is 2.24. The van der Waals surface area contributed by atoms with E-state index in [9.17, 15) is 9.90 Å². The second-order valence-electron chi connectivity index (χ2n) is 4.79. The number of aromatic amines is 1. The summed E-state index contributed by atoms with van der Waals surface area (Å²) in [5, 5.41) is 18.5. The van der Waals surface area contributed by atoms with Crippen molar-refractivity contribution in [2.75, 3.05) is 13.7 Å². The molecule has 0 radical (unpaired) electrons. The summed E-state index contributed by atoms with van der Waals surface area (Å²) >= 11 is 0. The minimum Gasteiger partial charge on any atom is -0.504 e. The molecule has 112 valence electrons. The average Bonchev–Trinajstić information content (AvgIpc) is 2.97. The lowest BCUT2D eigenvalue weighted by Gasteiger charge is -2.04. The Morgan fingerprint density at radius 3 is 2.82 bits per heavy atom. The van der Waals surface area contributed by atoms with E-state index in [1.165, 1.54) is 13.2 Å². The number of phenolic OH excluding ortho intramolecular Hbond substituents is 1. The number of hydrogen-bond acceptors (Lipinski definition) is 5. The van der Waals surface area contributed by atoms with E-state index >= 15 is 0 Å². The van der Waals surface area contributed by atoms with Gasteiger partial charge >= 0.3 is 0 Å². The van der Waals surface area contributed by atoms with Crippen LogP contribution in [0.4, 0.5) is 0 Å². The van der Waals surface area contributed by atoms with E-state index in [1.807, 2.05) is 0 Å². The maximum atomic E-state index is 11.5. The predicted octanol–water partition coefficient (Wildman–Crippen LogP) is 2.12. The number of aliphatic hydroxyl groups is 1. The zero-order valence-corrected chi connectivity index (χ0v) is 11.8. The Bertz CT molecular complexity index is 854. The van der Waals surface area contributed by atoms with E-state index in [-0.39, 0.29) is 11.5 Å². The third-order valence-electron chi connectivity index (χ3n) is 3.40. The molecular formula is C16H14N2O4. The summed E-state index contributed by atoms with van der Waals surface area (Å²) in [6.45, 7) is -0.526. The molecule has 0 amide bonds. The summed E-state index contributed by atoms with van der Waals surface area (Å²) in [5.74, 6) is 0.665. The van der Waals surface area contributed by atoms with Crippen LogP contribution in [0.5, 0.6) is 11.5 Å². The highest BCUT2D eigenvalue weighted by molar-refractivity contribution is 5.99. The zero-order valence-electron chi connectivity index (χ0n) is 11.8. The number of aliphatic hydroxyl groups excluding tert-OH is 1. The van der Waals surface area contributed by atoms with Crippen molar-refractivity contribution in [2.24, 2.45) is 0 Å². The standard InChI is InChI=1S/C16H14N2O4/c1-22-15-7-10(3-5-13(15)20)16-17-11-4-2-9(14(21)8-19)6-12(11)18-16/h2-7,19-20H,8H2,1H3,(H,17,18). The molecule has 3 aromatic rings. The monoisotopic (exact) mass is 298 g/mol. The second kappa shape index (κ2) is 5.50. The number of fused-ring (bicyclic) bond motifs is 1. The number of aromatic hydroxyl groups is 1. The van der Waals surface area contributed by atoms with Crippen molar-refractivity contribution in [3.63, 3.8) is 0 Å².